The summed E-state index contributed by atoms with van der Waals surface area (Å²) in [6, 6.07) is 7.43. The number of thiocyanates is 1. The van der Waals surface area contributed by atoms with E-state index in [1.54, 1.807) is 6.92 Å². The maximum absolute atomic E-state index is 12.8. The molecular weight excluding hydrogens is 505 g/mol. The van der Waals surface area contributed by atoms with Crippen molar-refractivity contribution in [3.63, 3.8) is 0 Å². The molecule has 0 saturated carbocycles. The minimum atomic E-state index is -1.79. The molecule has 2 aliphatic heterocycles. The lowest BCUT2D eigenvalue weighted by atomic mass is 9.95. The van der Waals surface area contributed by atoms with Crippen LogP contribution in [0.4, 0.5) is 0 Å². The predicted molar refractivity (Wildman–Crippen MR) is 122 cm³/mol. The number of hydrogen-bond donors (Lipinski definition) is 1. The van der Waals surface area contributed by atoms with Crippen molar-refractivity contribution in [2.45, 2.75) is 39.3 Å². The molecule has 31 heavy (non-hydrogen) atoms. The SMILES string of the molecule is CC1(CSC#N)S[C@@H]2C(NC(=O)Cc3ccccc3)C(=O)N2C1C(=O)OCC(Cl)(Cl)Cl. The van der Waals surface area contributed by atoms with Gasteiger partial charge in [-0.25, -0.2) is 4.79 Å². The van der Waals surface area contributed by atoms with Crippen molar-refractivity contribution < 1.29 is 19.1 Å². The first-order valence-electron chi connectivity index (χ1n) is 9.13. The smallest absolute Gasteiger partial charge is 0.330 e. The lowest BCUT2D eigenvalue weighted by molar-refractivity contribution is -0.164. The van der Waals surface area contributed by atoms with Gasteiger partial charge in [0.25, 0.3) is 0 Å². The number of esters is 1. The van der Waals surface area contributed by atoms with Crippen molar-refractivity contribution in [2.24, 2.45) is 0 Å². The number of carbonyl (C=O) groups excluding carboxylic acids is 3. The van der Waals surface area contributed by atoms with E-state index in [1.165, 1.54) is 16.7 Å². The quantitative estimate of drug-likeness (QED) is 0.254. The minimum Gasteiger partial charge on any atom is -0.460 e. The van der Waals surface area contributed by atoms with Crippen LogP contribution in [0.2, 0.25) is 0 Å². The first-order valence-corrected chi connectivity index (χ1v) is 12.1. The van der Waals surface area contributed by atoms with E-state index < -0.39 is 38.6 Å². The Labute approximate surface area is 203 Å². The van der Waals surface area contributed by atoms with Crippen molar-refractivity contribution in [3.05, 3.63) is 35.9 Å². The summed E-state index contributed by atoms with van der Waals surface area (Å²) in [4.78, 5) is 39.5. The number of carbonyl (C=O) groups is 3. The number of β-lactam (4-membered cyclic amide) rings is 1. The first kappa shape index (κ1) is 24.3. The standard InChI is InChI=1S/C19H18Cl3N3O4S2/c1-18(9-30-10-23)14(17(28)29-8-19(20,21)22)25-15(27)13(16(25)31-18)24-12(26)7-11-5-3-2-4-6-11/h2-6,13-14,16H,7-9H2,1H3,(H,24,26)/t13?,14?,16-,18?/m1/s1. The molecule has 3 rings (SSSR count). The molecule has 7 nitrogen and oxygen atoms in total. The van der Waals surface area contributed by atoms with Crippen LogP contribution in [0.1, 0.15) is 12.5 Å². The first-order chi connectivity index (χ1) is 14.6. The van der Waals surface area contributed by atoms with Crippen molar-refractivity contribution in [2.75, 3.05) is 12.4 Å². The molecule has 2 saturated heterocycles. The van der Waals surface area contributed by atoms with Crippen LogP contribution >= 0.6 is 58.3 Å². The summed E-state index contributed by atoms with van der Waals surface area (Å²) < 4.78 is 2.54. The molecule has 0 bridgehead atoms. The van der Waals surface area contributed by atoms with Gasteiger partial charge in [-0.15, -0.1) is 11.8 Å². The highest BCUT2D eigenvalue weighted by atomic mass is 35.6. The molecule has 2 amide bonds. The second-order valence-corrected chi connectivity index (χ2v) is 12.2. The molecule has 0 spiro atoms. The van der Waals surface area contributed by atoms with Gasteiger partial charge in [0.15, 0.2) is 0 Å². The molecule has 1 aromatic carbocycles. The van der Waals surface area contributed by atoms with E-state index in [2.05, 4.69) is 5.32 Å². The van der Waals surface area contributed by atoms with Crippen LogP contribution in [-0.2, 0) is 25.5 Å². The fraction of sp³-hybridized carbons (Fsp3) is 0.474. The molecule has 1 N–H and O–H groups in total. The van der Waals surface area contributed by atoms with Gasteiger partial charge in [-0.1, -0.05) is 65.1 Å². The van der Waals surface area contributed by atoms with E-state index in [1.807, 2.05) is 35.7 Å². The molecule has 2 aliphatic rings. The average Bonchev–Trinajstić information content (AvgIpc) is 2.99. The van der Waals surface area contributed by atoms with Crippen molar-refractivity contribution in [1.82, 2.24) is 10.2 Å². The van der Waals surface area contributed by atoms with Crippen molar-refractivity contribution in [1.29, 1.82) is 5.26 Å². The Morgan fingerprint density at radius 1 is 1.35 bits per heavy atom. The molecule has 2 heterocycles. The zero-order valence-electron chi connectivity index (χ0n) is 16.2. The molecule has 0 radical (unpaired) electrons. The lowest BCUT2D eigenvalue weighted by Crippen LogP contribution is -2.71. The molecule has 0 aliphatic carbocycles. The van der Waals surface area contributed by atoms with Crippen LogP contribution in [0.15, 0.2) is 30.3 Å². The second-order valence-electron chi connectivity index (χ2n) is 7.28. The van der Waals surface area contributed by atoms with Gasteiger partial charge in [0.05, 0.1) is 11.2 Å². The van der Waals surface area contributed by atoms with E-state index in [0.29, 0.717) is 0 Å². The number of halogens is 3. The third-order valence-electron chi connectivity index (χ3n) is 4.88. The number of rotatable bonds is 7. The van der Waals surface area contributed by atoms with Crippen LogP contribution < -0.4 is 5.32 Å². The number of nitriles is 1. The molecule has 4 atom stereocenters. The molecule has 3 unspecified atom stereocenters. The molecular formula is C19H18Cl3N3O4S2. The average molecular weight is 523 g/mol. The van der Waals surface area contributed by atoms with Gasteiger partial charge in [-0.3, -0.25) is 9.59 Å². The summed E-state index contributed by atoms with van der Waals surface area (Å²) in [5.41, 5.74) is 0.825. The zero-order chi connectivity index (χ0) is 22.8. The van der Waals surface area contributed by atoms with E-state index >= 15 is 0 Å². The second kappa shape index (κ2) is 9.67. The van der Waals surface area contributed by atoms with E-state index in [0.717, 1.165) is 17.3 Å². The highest BCUT2D eigenvalue weighted by molar-refractivity contribution is 8.06. The normalized spacial score (nSPS) is 27.1. The number of thioether (sulfide) groups is 2. The van der Waals surface area contributed by atoms with E-state index in [4.69, 9.17) is 44.8 Å². The van der Waals surface area contributed by atoms with Gasteiger partial charge in [0.1, 0.15) is 29.5 Å². The Hall–Kier alpha value is -1.31. The third-order valence-corrected chi connectivity index (χ3v) is 7.91. The lowest BCUT2D eigenvalue weighted by Gasteiger charge is -2.44. The maximum atomic E-state index is 12.8. The predicted octanol–water partition coefficient (Wildman–Crippen LogP) is 2.88. The summed E-state index contributed by atoms with van der Waals surface area (Å²) >= 11 is 19.3. The van der Waals surface area contributed by atoms with Crippen molar-refractivity contribution in [3.8, 4) is 5.40 Å². The third kappa shape index (κ3) is 5.55. The maximum Gasteiger partial charge on any atom is 0.330 e. The van der Waals surface area contributed by atoms with Gasteiger partial charge >= 0.3 is 5.97 Å². The number of nitrogens with one attached hydrogen (secondary N) is 1. The van der Waals surface area contributed by atoms with Crippen LogP contribution in [-0.4, -0.2) is 61.0 Å². The fourth-order valence-electron chi connectivity index (χ4n) is 3.54. The van der Waals surface area contributed by atoms with Crippen LogP contribution in [0.5, 0.6) is 0 Å². The van der Waals surface area contributed by atoms with Gasteiger partial charge in [0.2, 0.25) is 15.6 Å². The topological polar surface area (TPSA) is 99.5 Å². The molecule has 0 aromatic heterocycles. The Bertz CT molecular complexity index is 909. The summed E-state index contributed by atoms with van der Waals surface area (Å²) in [5.74, 6) is -1.13. The highest BCUT2D eigenvalue weighted by Gasteiger charge is 2.66. The fourth-order valence-corrected chi connectivity index (χ4v) is 6.21. The van der Waals surface area contributed by atoms with Gasteiger partial charge in [-0.2, -0.15) is 5.26 Å². The number of benzene rings is 1. The highest BCUT2D eigenvalue weighted by Crippen LogP contribution is 2.52. The van der Waals surface area contributed by atoms with Gasteiger partial charge in [0, 0.05) is 5.75 Å². The van der Waals surface area contributed by atoms with E-state index in [9.17, 15) is 14.4 Å². The molecule has 166 valence electrons. The number of amides is 2. The molecule has 2 fully saturated rings. The molecule has 1 aromatic rings. The van der Waals surface area contributed by atoms with Crippen LogP contribution in [0, 0.1) is 10.7 Å². The number of hydrogen-bond acceptors (Lipinski definition) is 7. The Morgan fingerprint density at radius 2 is 2.03 bits per heavy atom. The Balaban J connectivity index is 1.72. The Kier molecular flexibility index (Phi) is 7.59. The van der Waals surface area contributed by atoms with Crippen LogP contribution in [0.25, 0.3) is 0 Å². The minimum absolute atomic E-state index is 0.137. The summed E-state index contributed by atoms with van der Waals surface area (Å²) in [7, 11) is 0. The van der Waals surface area contributed by atoms with Crippen LogP contribution in [0.3, 0.4) is 0 Å². The number of nitrogens with zero attached hydrogens (tertiary/aromatic N) is 2. The number of alkyl halides is 3. The summed E-state index contributed by atoms with van der Waals surface area (Å²) in [6.07, 6.45) is 0.137. The molecule has 12 heteroatoms. The van der Waals surface area contributed by atoms with Gasteiger partial charge < -0.3 is 15.0 Å². The number of ether oxygens (including phenoxy) is 1. The van der Waals surface area contributed by atoms with E-state index in [-0.39, 0.29) is 24.0 Å². The largest absolute Gasteiger partial charge is 0.460 e. The number of fused-ring (bicyclic) bond motifs is 1. The summed E-state index contributed by atoms with van der Waals surface area (Å²) in [6.45, 7) is 1.31. The monoisotopic (exact) mass is 521 g/mol. The van der Waals surface area contributed by atoms with Gasteiger partial charge in [-0.05, 0) is 24.2 Å². The van der Waals surface area contributed by atoms with Crippen molar-refractivity contribution >= 4 is 76.1 Å². The Morgan fingerprint density at radius 3 is 2.65 bits per heavy atom. The summed E-state index contributed by atoms with van der Waals surface area (Å²) in [5, 5.41) is 13.3. The zero-order valence-corrected chi connectivity index (χ0v) is 20.1.